The van der Waals surface area contributed by atoms with Gasteiger partial charge in [0.15, 0.2) is 5.82 Å². The number of halogens is 1. The van der Waals surface area contributed by atoms with E-state index in [1.807, 2.05) is 54.1 Å². The summed E-state index contributed by atoms with van der Waals surface area (Å²) in [7, 11) is 0. The van der Waals surface area contributed by atoms with Crippen LogP contribution in [0.5, 0.6) is 0 Å². The molecule has 1 aliphatic rings. The largest absolute Gasteiger partial charge is 0.322 e. The van der Waals surface area contributed by atoms with Crippen LogP contribution in [0.1, 0.15) is 72.3 Å². The zero-order valence-corrected chi connectivity index (χ0v) is 22.6. The fourth-order valence-corrected chi connectivity index (χ4v) is 5.88. The quantitative estimate of drug-likeness (QED) is 0.253. The van der Waals surface area contributed by atoms with Crippen molar-refractivity contribution in [1.29, 1.82) is 0 Å². The Hall–Kier alpha value is -4.17. The molecule has 40 heavy (non-hydrogen) atoms. The fourth-order valence-electron chi connectivity index (χ4n) is 5.88. The number of aromatic nitrogens is 5. The Morgan fingerprint density at radius 1 is 0.950 bits per heavy atom. The molecule has 2 aromatic heterocycles. The van der Waals surface area contributed by atoms with Gasteiger partial charge in [0.2, 0.25) is 0 Å². The molecule has 7 nitrogen and oxygen atoms in total. The summed E-state index contributed by atoms with van der Waals surface area (Å²) < 4.78 is 15.8. The van der Waals surface area contributed by atoms with E-state index in [2.05, 4.69) is 37.5 Å². The predicted octanol–water partition coefficient (Wildman–Crippen LogP) is 6.26. The van der Waals surface area contributed by atoms with Crippen molar-refractivity contribution >= 4 is 10.9 Å². The SMILES string of the molecule is Cc1ccc2cc([C@@H](c3nnnn3C3CCCCC3)N(Cc3ccccc3)Cc3ccc(F)cc3)c(=O)[nH]c2c1. The van der Waals surface area contributed by atoms with E-state index in [-0.39, 0.29) is 17.4 Å². The molecule has 0 aliphatic heterocycles. The molecule has 0 bridgehead atoms. The molecule has 1 N–H and O–H groups in total. The van der Waals surface area contributed by atoms with Crippen molar-refractivity contribution in [1.82, 2.24) is 30.1 Å². The van der Waals surface area contributed by atoms with Gasteiger partial charge in [-0.05, 0) is 76.5 Å². The van der Waals surface area contributed by atoms with Crippen LogP contribution in [0.4, 0.5) is 4.39 Å². The van der Waals surface area contributed by atoms with Crippen molar-refractivity contribution < 1.29 is 4.39 Å². The highest BCUT2D eigenvalue weighted by molar-refractivity contribution is 5.79. The number of H-pyrrole nitrogens is 1. The van der Waals surface area contributed by atoms with E-state index in [1.54, 1.807) is 12.1 Å². The molecule has 3 aromatic carbocycles. The first-order chi connectivity index (χ1) is 19.5. The highest BCUT2D eigenvalue weighted by Crippen LogP contribution is 2.34. The molecule has 0 radical (unpaired) electrons. The number of hydrogen-bond donors (Lipinski definition) is 1. The molecule has 0 unspecified atom stereocenters. The van der Waals surface area contributed by atoms with E-state index in [0.29, 0.717) is 24.5 Å². The standard InChI is InChI=1S/C32H33FN6O/c1-22-12-15-25-19-28(32(40)34-29(25)18-22)30(31-35-36-37-39(31)27-10-6-3-7-11-27)38(20-23-8-4-2-5-9-23)21-24-13-16-26(33)17-14-24/h2,4-5,8-9,12-19,27,30H,3,6-7,10-11,20-21H2,1H3,(H,34,40)/t30-/m0/s1. The molecular formula is C32H33FN6O. The molecule has 0 saturated heterocycles. The van der Waals surface area contributed by atoms with Gasteiger partial charge in [0.05, 0.1) is 6.04 Å². The van der Waals surface area contributed by atoms with E-state index < -0.39 is 6.04 Å². The number of aryl methyl sites for hydroxylation is 1. The van der Waals surface area contributed by atoms with E-state index >= 15 is 0 Å². The van der Waals surface area contributed by atoms with Gasteiger partial charge in [0.25, 0.3) is 5.56 Å². The molecule has 1 saturated carbocycles. The van der Waals surface area contributed by atoms with Gasteiger partial charge in [-0.25, -0.2) is 9.07 Å². The van der Waals surface area contributed by atoms with Crippen molar-refractivity contribution in [3.63, 3.8) is 0 Å². The number of benzene rings is 3. The number of nitrogens with zero attached hydrogens (tertiary/aromatic N) is 5. The summed E-state index contributed by atoms with van der Waals surface area (Å²) in [5, 5.41) is 14.1. The van der Waals surface area contributed by atoms with Crippen molar-refractivity contribution in [2.75, 3.05) is 0 Å². The number of hydrogen-bond acceptors (Lipinski definition) is 5. The van der Waals surface area contributed by atoms with Crippen molar-refractivity contribution in [3.8, 4) is 0 Å². The van der Waals surface area contributed by atoms with Crippen molar-refractivity contribution in [2.45, 2.75) is 64.2 Å². The van der Waals surface area contributed by atoms with Gasteiger partial charge in [0, 0.05) is 24.2 Å². The first-order valence-corrected chi connectivity index (χ1v) is 14.0. The van der Waals surface area contributed by atoms with Crippen LogP contribution in [0.2, 0.25) is 0 Å². The molecule has 1 atom stereocenters. The molecule has 1 aliphatic carbocycles. The number of aromatic amines is 1. The number of rotatable bonds is 8. The van der Waals surface area contributed by atoms with Crippen LogP contribution in [-0.2, 0) is 13.1 Å². The fraction of sp³-hybridized carbons (Fsp3) is 0.312. The van der Waals surface area contributed by atoms with E-state index in [0.717, 1.165) is 53.3 Å². The topological polar surface area (TPSA) is 79.7 Å². The Kier molecular flexibility index (Phi) is 7.51. The maximum absolute atomic E-state index is 13.8. The summed E-state index contributed by atoms with van der Waals surface area (Å²) >= 11 is 0. The third kappa shape index (κ3) is 5.58. The Morgan fingerprint density at radius 3 is 2.42 bits per heavy atom. The maximum Gasteiger partial charge on any atom is 0.253 e. The van der Waals surface area contributed by atoms with Crippen LogP contribution >= 0.6 is 0 Å². The van der Waals surface area contributed by atoms with E-state index in [4.69, 9.17) is 0 Å². The molecule has 0 spiro atoms. The zero-order valence-electron chi connectivity index (χ0n) is 22.6. The van der Waals surface area contributed by atoms with E-state index in [1.165, 1.54) is 18.6 Å². The smallest absolute Gasteiger partial charge is 0.253 e. The average molecular weight is 537 g/mol. The highest BCUT2D eigenvalue weighted by Gasteiger charge is 2.33. The summed E-state index contributed by atoms with van der Waals surface area (Å²) in [5.74, 6) is 0.374. The third-order valence-corrected chi connectivity index (χ3v) is 7.90. The normalized spacial score (nSPS) is 15.1. The van der Waals surface area contributed by atoms with Crippen LogP contribution in [0.15, 0.2) is 83.7 Å². The first-order valence-electron chi connectivity index (χ1n) is 14.0. The van der Waals surface area contributed by atoms with Crippen molar-refractivity contribution in [2.24, 2.45) is 0 Å². The summed E-state index contributed by atoms with van der Waals surface area (Å²) in [5.41, 5.74) is 4.33. The summed E-state index contributed by atoms with van der Waals surface area (Å²) in [6.45, 7) is 3.03. The lowest BCUT2D eigenvalue weighted by atomic mass is 9.95. The molecule has 2 heterocycles. The lowest BCUT2D eigenvalue weighted by Crippen LogP contribution is -2.35. The van der Waals surface area contributed by atoms with Gasteiger partial charge in [-0.1, -0.05) is 73.9 Å². The molecule has 5 aromatic rings. The van der Waals surface area contributed by atoms with Crippen molar-refractivity contribution in [3.05, 3.63) is 123 Å². The summed E-state index contributed by atoms with van der Waals surface area (Å²) in [6, 6.07) is 24.4. The second-order valence-corrected chi connectivity index (χ2v) is 10.8. The first kappa shape index (κ1) is 26.1. The highest BCUT2D eigenvalue weighted by atomic mass is 19.1. The molecule has 204 valence electrons. The van der Waals surface area contributed by atoms with E-state index in [9.17, 15) is 9.18 Å². The number of fused-ring (bicyclic) bond motifs is 1. The number of nitrogens with one attached hydrogen (secondary N) is 1. The van der Waals surface area contributed by atoms with Crippen LogP contribution in [0.25, 0.3) is 10.9 Å². The summed E-state index contributed by atoms with van der Waals surface area (Å²) in [6.07, 6.45) is 5.50. The van der Waals surface area contributed by atoms with Gasteiger partial charge in [0.1, 0.15) is 11.9 Å². The Morgan fingerprint density at radius 2 is 1.68 bits per heavy atom. The van der Waals surface area contributed by atoms with Gasteiger partial charge in [-0.3, -0.25) is 9.69 Å². The second-order valence-electron chi connectivity index (χ2n) is 10.8. The lowest BCUT2D eigenvalue weighted by molar-refractivity contribution is 0.186. The van der Waals surface area contributed by atoms with Crippen LogP contribution < -0.4 is 5.56 Å². The maximum atomic E-state index is 13.8. The number of pyridine rings is 1. The van der Waals surface area contributed by atoms with Gasteiger partial charge < -0.3 is 4.98 Å². The number of tetrazole rings is 1. The molecule has 6 rings (SSSR count). The molecule has 1 fully saturated rings. The van der Waals surface area contributed by atoms with Gasteiger partial charge in [-0.15, -0.1) is 5.10 Å². The third-order valence-electron chi connectivity index (χ3n) is 7.90. The molecular weight excluding hydrogens is 503 g/mol. The Labute approximate surface area is 232 Å². The predicted molar refractivity (Wildman–Crippen MR) is 153 cm³/mol. The lowest BCUT2D eigenvalue weighted by Gasteiger charge is -2.33. The Balaban J connectivity index is 1.52. The Bertz CT molecular complexity index is 1640. The minimum atomic E-state index is -0.531. The summed E-state index contributed by atoms with van der Waals surface area (Å²) in [4.78, 5) is 19.2. The second kappa shape index (κ2) is 11.5. The molecule has 0 amide bonds. The van der Waals surface area contributed by atoms with Crippen LogP contribution in [0, 0.1) is 12.7 Å². The monoisotopic (exact) mass is 536 g/mol. The average Bonchev–Trinajstić information content (AvgIpc) is 3.45. The van der Waals surface area contributed by atoms with Gasteiger partial charge >= 0.3 is 0 Å². The van der Waals surface area contributed by atoms with Gasteiger partial charge in [-0.2, -0.15) is 0 Å². The minimum Gasteiger partial charge on any atom is -0.322 e. The minimum absolute atomic E-state index is 0.168. The zero-order chi connectivity index (χ0) is 27.5. The van der Waals surface area contributed by atoms with Crippen LogP contribution in [0.3, 0.4) is 0 Å². The van der Waals surface area contributed by atoms with Crippen LogP contribution in [-0.4, -0.2) is 30.1 Å². The molecule has 8 heteroatoms.